The molecule has 5 N–H and O–H groups in total. The lowest BCUT2D eigenvalue weighted by molar-refractivity contribution is 0.100. The van der Waals surface area contributed by atoms with E-state index < -0.39 is 5.91 Å². The number of carbonyl (C=O) groups excluding carboxylic acids is 1. The quantitative estimate of drug-likeness (QED) is 0.427. The number of benzene rings is 2. The van der Waals surface area contributed by atoms with Crippen molar-refractivity contribution in [1.82, 2.24) is 20.2 Å². The molecular weight excluding hydrogens is 368 g/mol. The number of carbonyl (C=O) groups is 1. The summed E-state index contributed by atoms with van der Waals surface area (Å²) < 4.78 is 0. The Bertz CT molecular complexity index is 1180. The summed E-state index contributed by atoms with van der Waals surface area (Å²) in [4.78, 5) is 21.9. The topological polar surface area (TPSA) is 124 Å². The van der Waals surface area contributed by atoms with E-state index in [0.29, 0.717) is 34.9 Å². The number of aromatic amines is 2. The second-order valence-corrected chi connectivity index (χ2v) is 7.25. The van der Waals surface area contributed by atoms with E-state index in [9.17, 15) is 9.90 Å². The van der Waals surface area contributed by atoms with Crippen LogP contribution in [0.25, 0.3) is 33.8 Å². The fourth-order valence-electron chi connectivity index (χ4n) is 3.79. The first kappa shape index (κ1) is 17.4. The first-order valence-corrected chi connectivity index (χ1v) is 9.46. The number of imidazole rings is 1. The standard InChI is InChI=1S/C21H20N6O2/c22-20(29)14-6-5-12(27-8-7-13(28)11-27)9-15(14)18-10-19(26-25-18)21-23-16-3-1-2-4-17(16)24-21/h1-6,9-10,13,28H,7-8,11H2,(H2,22,29)(H,23,24)(H,25,26)/t13-/m1/s1. The van der Waals surface area contributed by atoms with Gasteiger partial charge in [-0.3, -0.25) is 9.89 Å². The summed E-state index contributed by atoms with van der Waals surface area (Å²) in [6, 6.07) is 15.1. The van der Waals surface area contributed by atoms with Crippen LogP contribution in [0.1, 0.15) is 16.8 Å². The van der Waals surface area contributed by atoms with Gasteiger partial charge in [-0.15, -0.1) is 0 Å². The van der Waals surface area contributed by atoms with Crippen molar-refractivity contribution >= 4 is 22.6 Å². The van der Waals surface area contributed by atoms with Crippen LogP contribution in [-0.4, -0.2) is 50.4 Å². The number of para-hydroxylation sites is 2. The normalized spacial score (nSPS) is 16.6. The number of fused-ring (bicyclic) bond motifs is 1. The van der Waals surface area contributed by atoms with Crippen molar-refractivity contribution in [2.24, 2.45) is 5.73 Å². The van der Waals surface area contributed by atoms with Crippen molar-refractivity contribution in [2.75, 3.05) is 18.0 Å². The molecule has 2 aromatic carbocycles. The van der Waals surface area contributed by atoms with Gasteiger partial charge in [-0.05, 0) is 42.8 Å². The molecule has 0 saturated carbocycles. The highest BCUT2D eigenvalue weighted by molar-refractivity contribution is 6.00. The second-order valence-electron chi connectivity index (χ2n) is 7.25. The van der Waals surface area contributed by atoms with Crippen molar-refractivity contribution in [1.29, 1.82) is 0 Å². The van der Waals surface area contributed by atoms with Crippen LogP contribution in [0, 0.1) is 0 Å². The number of primary amides is 1. The Morgan fingerprint density at radius 1 is 1.21 bits per heavy atom. The van der Waals surface area contributed by atoms with Crippen molar-refractivity contribution in [3.63, 3.8) is 0 Å². The van der Waals surface area contributed by atoms with E-state index in [4.69, 9.17) is 5.73 Å². The molecule has 8 heteroatoms. The van der Waals surface area contributed by atoms with Crippen LogP contribution in [0.4, 0.5) is 5.69 Å². The molecule has 1 saturated heterocycles. The third-order valence-corrected chi connectivity index (χ3v) is 5.30. The lowest BCUT2D eigenvalue weighted by atomic mass is 10.0. The molecule has 5 rings (SSSR count). The molecule has 0 spiro atoms. The number of aromatic nitrogens is 4. The van der Waals surface area contributed by atoms with Gasteiger partial charge in [0.1, 0.15) is 5.69 Å². The van der Waals surface area contributed by atoms with E-state index in [1.165, 1.54) is 0 Å². The molecule has 0 unspecified atom stereocenters. The molecule has 4 aromatic rings. The summed E-state index contributed by atoms with van der Waals surface area (Å²) in [7, 11) is 0. The van der Waals surface area contributed by atoms with Crippen LogP contribution in [0.15, 0.2) is 48.5 Å². The van der Waals surface area contributed by atoms with Gasteiger partial charge in [-0.1, -0.05) is 12.1 Å². The van der Waals surface area contributed by atoms with Gasteiger partial charge < -0.3 is 20.7 Å². The number of β-amino-alcohol motifs (C(OH)–C–C–N with tert-alkyl or cyclic N) is 1. The molecule has 8 nitrogen and oxygen atoms in total. The van der Waals surface area contributed by atoms with Gasteiger partial charge in [-0.2, -0.15) is 5.10 Å². The fraction of sp³-hybridized carbons (Fsp3) is 0.190. The molecule has 146 valence electrons. The van der Waals surface area contributed by atoms with Crippen LogP contribution in [-0.2, 0) is 0 Å². The number of H-pyrrole nitrogens is 2. The molecule has 2 aromatic heterocycles. The molecule has 1 aliphatic heterocycles. The van der Waals surface area contributed by atoms with E-state index in [-0.39, 0.29) is 6.10 Å². The zero-order chi connectivity index (χ0) is 20.0. The minimum absolute atomic E-state index is 0.334. The fourth-order valence-corrected chi connectivity index (χ4v) is 3.79. The number of nitrogens with two attached hydrogens (primary N) is 1. The van der Waals surface area contributed by atoms with Crippen molar-refractivity contribution < 1.29 is 9.90 Å². The first-order valence-electron chi connectivity index (χ1n) is 9.46. The number of nitrogens with one attached hydrogen (secondary N) is 2. The van der Waals surface area contributed by atoms with Crippen LogP contribution < -0.4 is 10.6 Å². The molecule has 1 aliphatic rings. The Balaban J connectivity index is 1.55. The number of amides is 1. The zero-order valence-corrected chi connectivity index (χ0v) is 15.6. The highest BCUT2D eigenvalue weighted by Crippen LogP contribution is 2.31. The second kappa shape index (κ2) is 6.75. The monoisotopic (exact) mass is 388 g/mol. The van der Waals surface area contributed by atoms with E-state index in [1.54, 1.807) is 6.07 Å². The molecule has 0 bridgehead atoms. The number of aliphatic hydroxyl groups is 1. The predicted molar refractivity (Wildman–Crippen MR) is 110 cm³/mol. The number of aliphatic hydroxyl groups excluding tert-OH is 1. The molecule has 3 heterocycles. The molecule has 1 atom stereocenters. The summed E-state index contributed by atoms with van der Waals surface area (Å²) in [5.41, 5.74) is 10.7. The number of nitrogens with zero attached hydrogens (tertiary/aromatic N) is 3. The summed E-state index contributed by atoms with van der Waals surface area (Å²) in [5, 5.41) is 17.2. The lowest BCUT2D eigenvalue weighted by Crippen LogP contribution is -2.21. The molecule has 29 heavy (non-hydrogen) atoms. The molecule has 1 fully saturated rings. The first-order chi connectivity index (χ1) is 14.1. The number of hydrogen-bond donors (Lipinski definition) is 4. The Hall–Kier alpha value is -3.65. The van der Waals surface area contributed by atoms with Gasteiger partial charge in [0.25, 0.3) is 0 Å². The van der Waals surface area contributed by atoms with Crippen LogP contribution in [0.3, 0.4) is 0 Å². The molecule has 0 radical (unpaired) electrons. The summed E-state index contributed by atoms with van der Waals surface area (Å²) in [6.07, 6.45) is 0.394. The van der Waals surface area contributed by atoms with Gasteiger partial charge in [0.05, 0.1) is 22.8 Å². The average molecular weight is 388 g/mol. The minimum Gasteiger partial charge on any atom is -0.391 e. The number of rotatable bonds is 4. The Labute approximate surface area is 166 Å². The highest BCUT2D eigenvalue weighted by atomic mass is 16.3. The Kier molecular flexibility index (Phi) is 4.06. The van der Waals surface area contributed by atoms with Crippen molar-refractivity contribution in [2.45, 2.75) is 12.5 Å². The third-order valence-electron chi connectivity index (χ3n) is 5.30. The highest BCUT2D eigenvalue weighted by Gasteiger charge is 2.22. The predicted octanol–water partition coefficient (Wildman–Crippen LogP) is 2.29. The van der Waals surface area contributed by atoms with Gasteiger partial charge in [0.2, 0.25) is 5.91 Å². The molecular formula is C21H20N6O2. The van der Waals surface area contributed by atoms with E-state index in [2.05, 4.69) is 25.1 Å². The lowest BCUT2D eigenvalue weighted by Gasteiger charge is -2.19. The van der Waals surface area contributed by atoms with Crippen LogP contribution in [0.5, 0.6) is 0 Å². The van der Waals surface area contributed by atoms with E-state index in [1.807, 2.05) is 42.5 Å². The minimum atomic E-state index is -0.513. The van der Waals surface area contributed by atoms with Gasteiger partial charge >= 0.3 is 0 Å². The van der Waals surface area contributed by atoms with E-state index in [0.717, 1.165) is 29.7 Å². The van der Waals surface area contributed by atoms with Gasteiger partial charge in [0, 0.05) is 29.9 Å². The average Bonchev–Trinajstić information content (AvgIpc) is 3.46. The van der Waals surface area contributed by atoms with Crippen molar-refractivity contribution in [3.8, 4) is 22.8 Å². The maximum atomic E-state index is 12.0. The van der Waals surface area contributed by atoms with Crippen LogP contribution >= 0.6 is 0 Å². The summed E-state index contributed by atoms with van der Waals surface area (Å²) in [6.45, 7) is 1.33. The largest absolute Gasteiger partial charge is 0.391 e. The molecule has 1 amide bonds. The summed E-state index contributed by atoms with van der Waals surface area (Å²) >= 11 is 0. The summed E-state index contributed by atoms with van der Waals surface area (Å²) in [5.74, 6) is 0.158. The Morgan fingerprint density at radius 2 is 2.07 bits per heavy atom. The number of hydrogen-bond acceptors (Lipinski definition) is 5. The number of anilines is 1. The SMILES string of the molecule is NC(=O)c1ccc(N2CC[C@@H](O)C2)cc1-c1cc(-c2nc3ccccc3[nH]2)[nH]n1. The zero-order valence-electron chi connectivity index (χ0n) is 15.6. The molecule has 0 aliphatic carbocycles. The van der Waals surface area contributed by atoms with Gasteiger partial charge in [0.15, 0.2) is 5.82 Å². The Morgan fingerprint density at radius 3 is 2.83 bits per heavy atom. The van der Waals surface area contributed by atoms with Gasteiger partial charge in [-0.25, -0.2) is 4.98 Å². The van der Waals surface area contributed by atoms with Crippen LogP contribution in [0.2, 0.25) is 0 Å². The maximum absolute atomic E-state index is 12.0. The van der Waals surface area contributed by atoms with E-state index >= 15 is 0 Å². The maximum Gasteiger partial charge on any atom is 0.249 e. The van der Waals surface area contributed by atoms with Crippen molar-refractivity contribution in [3.05, 3.63) is 54.1 Å². The smallest absolute Gasteiger partial charge is 0.249 e. The third kappa shape index (κ3) is 3.13.